The normalized spacial score (nSPS) is 23.4. The predicted molar refractivity (Wildman–Crippen MR) is 98.7 cm³/mol. The lowest BCUT2D eigenvalue weighted by Gasteiger charge is -2.25. The van der Waals surface area contributed by atoms with Crippen LogP contribution in [0.1, 0.15) is 29.6 Å². The van der Waals surface area contributed by atoms with E-state index >= 15 is 0 Å². The zero-order valence-corrected chi connectivity index (χ0v) is 15.9. The van der Waals surface area contributed by atoms with Crippen LogP contribution in [0.25, 0.3) is 0 Å². The van der Waals surface area contributed by atoms with Gasteiger partial charge in [0.15, 0.2) is 0 Å². The third-order valence-corrected chi connectivity index (χ3v) is 4.94. The number of nitrogens with one attached hydrogen (secondary N) is 2. The van der Waals surface area contributed by atoms with Crippen molar-refractivity contribution in [3.63, 3.8) is 0 Å². The van der Waals surface area contributed by atoms with Crippen LogP contribution in [-0.2, 0) is 19.1 Å². The van der Waals surface area contributed by atoms with E-state index in [9.17, 15) is 24.3 Å². The van der Waals surface area contributed by atoms with Crippen LogP contribution in [0, 0.1) is 0 Å². The highest BCUT2D eigenvalue weighted by Crippen LogP contribution is 2.20. The lowest BCUT2D eigenvalue weighted by Crippen LogP contribution is -2.52. The molecule has 1 aromatic carbocycles. The van der Waals surface area contributed by atoms with Gasteiger partial charge in [-0.05, 0) is 25.0 Å². The maximum absolute atomic E-state index is 12.6. The Morgan fingerprint density at radius 3 is 2.76 bits per heavy atom. The van der Waals surface area contributed by atoms with E-state index in [2.05, 4.69) is 15.4 Å². The Bertz CT molecular complexity index is 813. The summed E-state index contributed by atoms with van der Waals surface area (Å²) >= 11 is 0. The monoisotopic (exact) mass is 405 g/mol. The first kappa shape index (κ1) is 20.6. The molecule has 2 aliphatic rings. The molecule has 0 saturated carbocycles. The number of benzene rings is 1. The highest BCUT2D eigenvalue weighted by molar-refractivity contribution is 5.99. The number of para-hydroxylation sites is 1. The van der Waals surface area contributed by atoms with Crippen LogP contribution in [0.3, 0.4) is 0 Å². The number of hydrogen-bond acceptors (Lipinski definition) is 7. The van der Waals surface area contributed by atoms with Gasteiger partial charge >= 0.3 is 5.97 Å². The quantitative estimate of drug-likeness (QED) is 0.526. The van der Waals surface area contributed by atoms with E-state index < -0.39 is 42.1 Å². The number of esters is 1. The lowest BCUT2D eigenvalue weighted by molar-refractivity contribution is -0.155. The summed E-state index contributed by atoms with van der Waals surface area (Å²) in [5.74, 6) is -1.52. The third-order valence-electron chi connectivity index (χ3n) is 4.94. The highest BCUT2D eigenvalue weighted by Gasteiger charge is 2.39. The van der Waals surface area contributed by atoms with Crippen molar-refractivity contribution in [3.05, 3.63) is 29.8 Å². The van der Waals surface area contributed by atoms with E-state index in [1.807, 2.05) is 0 Å². The van der Waals surface area contributed by atoms with Crippen LogP contribution in [0.2, 0.25) is 0 Å². The SMILES string of the molecule is COc1ccccc1C(=O)NCC(=O)N1CCC[C@H]1C(=O)N[C@H]1CC(=O)O[C@H]1O. The van der Waals surface area contributed by atoms with Crippen molar-refractivity contribution in [3.8, 4) is 5.75 Å². The molecular weight excluding hydrogens is 382 g/mol. The summed E-state index contributed by atoms with van der Waals surface area (Å²) in [5, 5.41) is 14.7. The number of likely N-dealkylation sites (tertiary alicyclic amines) is 1. The van der Waals surface area contributed by atoms with E-state index in [4.69, 9.17) is 4.74 Å². The molecule has 2 saturated heterocycles. The van der Waals surface area contributed by atoms with Gasteiger partial charge in [-0.1, -0.05) is 12.1 Å². The van der Waals surface area contributed by atoms with Gasteiger partial charge in [-0.15, -0.1) is 0 Å². The Hall–Kier alpha value is -3.14. The number of rotatable bonds is 6. The fourth-order valence-corrected chi connectivity index (χ4v) is 3.47. The molecule has 2 aliphatic heterocycles. The van der Waals surface area contributed by atoms with Gasteiger partial charge in [0.05, 0.1) is 25.6 Å². The zero-order valence-electron chi connectivity index (χ0n) is 15.9. The van der Waals surface area contributed by atoms with E-state index in [1.54, 1.807) is 24.3 Å². The number of aliphatic hydroxyl groups excluding tert-OH is 1. The summed E-state index contributed by atoms with van der Waals surface area (Å²) in [6.07, 6.45) is -0.428. The first-order valence-corrected chi connectivity index (χ1v) is 9.29. The summed E-state index contributed by atoms with van der Waals surface area (Å²) in [4.78, 5) is 50.0. The van der Waals surface area contributed by atoms with Gasteiger partial charge in [0.2, 0.25) is 18.1 Å². The number of ether oxygens (including phenoxy) is 2. The zero-order chi connectivity index (χ0) is 21.0. The van der Waals surface area contributed by atoms with E-state index in [1.165, 1.54) is 12.0 Å². The molecule has 3 amide bonds. The molecule has 0 bridgehead atoms. The molecule has 29 heavy (non-hydrogen) atoms. The van der Waals surface area contributed by atoms with Crippen LogP contribution in [0.15, 0.2) is 24.3 Å². The molecule has 0 aliphatic carbocycles. The maximum atomic E-state index is 12.6. The molecule has 2 fully saturated rings. The summed E-state index contributed by atoms with van der Waals surface area (Å²) < 4.78 is 9.74. The molecule has 0 aromatic heterocycles. The number of carbonyl (C=O) groups is 4. The third kappa shape index (κ3) is 4.65. The first-order chi connectivity index (χ1) is 13.9. The molecule has 3 N–H and O–H groups in total. The van der Waals surface area contributed by atoms with Crippen molar-refractivity contribution < 1.29 is 33.8 Å². The van der Waals surface area contributed by atoms with Gasteiger partial charge in [-0.3, -0.25) is 19.2 Å². The van der Waals surface area contributed by atoms with Crippen LogP contribution >= 0.6 is 0 Å². The second-order valence-corrected chi connectivity index (χ2v) is 6.83. The Morgan fingerprint density at radius 2 is 2.07 bits per heavy atom. The van der Waals surface area contributed by atoms with Crippen molar-refractivity contribution >= 4 is 23.7 Å². The summed E-state index contributed by atoms with van der Waals surface area (Å²) in [6.45, 7) is 0.110. The molecule has 156 valence electrons. The molecule has 3 atom stereocenters. The van der Waals surface area contributed by atoms with Crippen molar-refractivity contribution in [1.82, 2.24) is 15.5 Å². The highest BCUT2D eigenvalue weighted by atomic mass is 16.6. The molecule has 0 radical (unpaired) electrons. The average molecular weight is 405 g/mol. The Kier molecular flexibility index (Phi) is 6.32. The van der Waals surface area contributed by atoms with Gasteiger partial charge in [-0.25, -0.2) is 0 Å². The molecule has 10 heteroatoms. The van der Waals surface area contributed by atoms with Gasteiger partial charge < -0.3 is 30.1 Å². The van der Waals surface area contributed by atoms with Gasteiger partial charge in [0.25, 0.3) is 5.91 Å². The van der Waals surface area contributed by atoms with Crippen LogP contribution in [0.5, 0.6) is 5.75 Å². The van der Waals surface area contributed by atoms with Crippen molar-refractivity contribution in [1.29, 1.82) is 0 Å². The molecule has 0 unspecified atom stereocenters. The molecule has 2 heterocycles. The molecular formula is C19H23N3O7. The molecule has 0 spiro atoms. The van der Waals surface area contributed by atoms with Crippen LogP contribution in [0.4, 0.5) is 0 Å². The number of hydrogen-bond donors (Lipinski definition) is 3. The fraction of sp³-hybridized carbons (Fsp3) is 0.474. The minimum atomic E-state index is -1.39. The fourth-order valence-electron chi connectivity index (χ4n) is 3.47. The maximum Gasteiger partial charge on any atom is 0.310 e. The Balaban J connectivity index is 1.56. The minimum absolute atomic E-state index is 0.122. The standard InChI is InChI=1S/C19H23N3O7/c1-28-14-7-3-2-5-11(14)17(25)20-10-15(23)22-8-4-6-13(22)18(26)21-12-9-16(24)29-19(12)27/h2-3,5,7,12-13,19,27H,4,6,8-10H2,1H3,(H,20,25)(H,21,26)/t12-,13-,19+/m0/s1. The second kappa shape index (κ2) is 8.91. The lowest BCUT2D eigenvalue weighted by atomic mass is 10.1. The van der Waals surface area contributed by atoms with E-state index in [-0.39, 0.29) is 13.0 Å². The minimum Gasteiger partial charge on any atom is -0.496 e. The number of amides is 3. The van der Waals surface area contributed by atoms with Crippen LogP contribution < -0.4 is 15.4 Å². The number of cyclic esters (lactones) is 1. The van der Waals surface area contributed by atoms with Crippen molar-refractivity contribution in [2.24, 2.45) is 0 Å². The van der Waals surface area contributed by atoms with Crippen molar-refractivity contribution in [2.45, 2.75) is 37.6 Å². The second-order valence-electron chi connectivity index (χ2n) is 6.83. The number of methoxy groups -OCH3 is 1. The van der Waals surface area contributed by atoms with E-state index in [0.29, 0.717) is 30.7 Å². The Morgan fingerprint density at radius 1 is 1.31 bits per heavy atom. The molecule has 10 nitrogen and oxygen atoms in total. The largest absolute Gasteiger partial charge is 0.496 e. The topological polar surface area (TPSA) is 134 Å². The summed E-state index contributed by atoms with van der Waals surface area (Å²) in [5.41, 5.74) is 0.304. The van der Waals surface area contributed by atoms with Gasteiger partial charge in [-0.2, -0.15) is 0 Å². The van der Waals surface area contributed by atoms with E-state index in [0.717, 1.165) is 0 Å². The van der Waals surface area contributed by atoms with Gasteiger partial charge in [0, 0.05) is 6.54 Å². The summed E-state index contributed by atoms with van der Waals surface area (Å²) in [6, 6.07) is 5.08. The molecule has 3 rings (SSSR count). The number of aliphatic hydroxyl groups is 1. The smallest absolute Gasteiger partial charge is 0.310 e. The Labute approximate surface area is 167 Å². The first-order valence-electron chi connectivity index (χ1n) is 9.29. The molecule has 1 aromatic rings. The predicted octanol–water partition coefficient (Wildman–Crippen LogP) is -0.834. The van der Waals surface area contributed by atoms with Gasteiger partial charge in [0.1, 0.15) is 17.8 Å². The van der Waals surface area contributed by atoms with Crippen LogP contribution in [-0.4, -0.2) is 72.3 Å². The number of carbonyl (C=O) groups excluding carboxylic acids is 4. The summed E-state index contributed by atoms with van der Waals surface area (Å²) in [7, 11) is 1.45. The average Bonchev–Trinajstić information content (AvgIpc) is 3.32. The van der Waals surface area contributed by atoms with Crippen molar-refractivity contribution in [2.75, 3.05) is 20.2 Å². The number of nitrogens with zero attached hydrogens (tertiary/aromatic N) is 1.